The Morgan fingerprint density at radius 2 is 2.21 bits per heavy atom. The lowest BCUT2D eigenvalue weighted by atomic mass is 9.69. The molecule has 2 fully saturated rings. The molecule has 3 aliphatic rings. The van der Waals surface area contributed by atoms with Crippen molar-refractivity contribution in [1.29, 1.82) is 0 Å². The van der Waals surface area contributed by atoms with Crippen LogP contribution in [0.5, 0.6) is 0 Å². The molecule has 1 saturated heterocycles. The van der Waals surface area contributed by atoms with Crippen LogP contribution in [0.2, 0.25) is 0 Å². The van der Waals surface area contributed by atoms with Crippen LogP contribution in [0, 0.1) is 11.8 Å². The summed E-state index contributed by atoms with van der Waals surface area (Å²) in [4.78, 5) is 6.98. The van der Waals surface area contributed by atoms with Crippen molar-refractivity contribution in [3.63, 3.8) is 0 Å². The number of hydrogen-bond donors (Lipinski definition) is 1. The van der Waals surface area contributed by atoms with Crippen molar-refractivity contribution in [2.45, 2.75) is 57.6 Å². The molecule has 1 spiro atoms. The summed E-state index contributed by atoms with van der Waals surface area (Å²) in [5.41, 5.74) is 6.36. The van der Waals surface area contributed by atoms with E-state index in [-0.39, 0.29) is 5.54 Å². The molecule has 4 heteroatoms. The van der Waals surface area contributed by atoms with E-state index in [0.29, 0.717) is 12.0 Å². The van der Waals surface area contributed by atoms with Gasteiger partial charge < -0.3 is 15.4 Å². The van der Waals surface area contributed by atoms with E-state index in [1.807, 2.05) is 0 Å². The molecule has 0 radical (unpaired) electrons. The molecule has 4 unspecified atom stereocenters. The number of hydrogen-bond acceptors (Lipinski definition) is 4. The summed E-state index contributed by atoms with van der Waals surface area (Å²) in [7, 11) is 0. The van der Waals surface area contributed by atoms with Crippen molar-refractivity contribution in [3.8, 4) is 0 Å². The van der Waals surface area contributed by atoms with E-state index in [2.05, 4.69) is 23.7 Å². The Labute approximate surface area is 116 Å². The van der Waals surface area contributed by atoms with Gasteiger partial charge in [0.1, 0.15) is 0 Å². The van der Waals surface area contributed by atoms with Crippen LogP contribution in [0.1, 0.15) is 46.0 Å². The van der Waals surface area contributed by atoms with Crippen LogP contribution in [-0.4, -0.2) is 42.2 Å². The van der Waals surface area contributed by atoms with Gasteiger partial charge in [0.25, 0.3) is 0 Å². The third-order valence-electron chi connectivity index (χ3n) is 5.45. The van der Waals surface area contributed by atoms with Gasteiger partial charge in [-0.25, -0.2) is 0 Å². The quantitative estimate of drug-likeness (QED) is 0.830. The third kappa shape index (κ3) is 2.24. The highest BCUT2D eigenvalue weighted by Crippen LogP contribution is 2.43. The van der Waals surface area contributed by atoms with Crippen LogP contribution >= 0.6 is 0 Å². The highest BCUT2D eigenvalue weighted by Gasteiger charge is 2.49. The molecule has 2 aliphatic heterocycles. The fourth-order valence-corrected chi connectivity index (χ4v) is 4.19. The molecule has 19 heavy (non-hydrogen) atoms. The van der Waals surface area contributed by atoms with Gasteiger partial charge in [-0.05, 0) is 37.5 Å². The molecular weight excluding hydrogens is 238 g/mol. The van der Waals surface area contributed by atoms with Gasteiger partial charge in [0.05, 0.1) is 18.2 Å². The van der Waals surface area contributed by atoms with Gasteiger partial charge in [0, 0.05) is 13.2 Å². The number of rotatable bonds is 2. The normalized spacial score (nSPS) is 42.9. The number of guanidine groups is 1. The number of nitrogens with two attached hydrogens (primary N) is 1. The molecule has 108 valence electrons. The van der Waals surface area contributed by atoms with Crippen LogP contribution in [-0.2, 0) is 4.74 Å². The van der Waals surface area contributed by atoms with Crippen molar-refractivity contribution in [2.24, 2.45) is 22.6 Å². The zero-order valence-electron chi connectivity index (χ0n) is 12.3. The summed E-state index contributed by atoms with van der Waals surface area (Å²) in [6.45, 7) is 7.48. The van der Waals surface area contributed by atoms with E-state index in [1.54, 1.807) is 0 Å². The zero-order valence-corrected chi connectivity index (χ0v) is 12.3. The van der Waals surface area contributed by atoms with Crippen molar-refractivity contribution >= 4 is 5.96 Å². The Balaban J connectivity index is 1.79. The Bertz CT molecular complexity index is 364. The number of aliphatic imine (C=N–C) groups is 1. The maximum atomic E-state index is 6.19. The average molecular weight is 265 g/mol. The van der Waals surface area contributed by atoms with Gasteiger partial charge in [-0.3, -0.25) is 4.99 Å². The minimum Gasteiger partial charge on any atom is -0.376 e. The van der Waals surface area contributed by atoms with E-state index >= 15 is 0 Å². The Kier molecular flexibility index (Phi) is 3.46. The molecule has 0 aromatic heterocycles. The number of nitrogens with zero attached hydrogens (tertiary/aromatic N) is 2. The van der Waals surface area contributed by atoms with E-state index in [4.69, 9.17) is 10.5 Å². The summed E-state index contributed by atoms with van der Waals surface area (Å²) >= 11 is 0. The van der Waals surface area contributed by atoms with Gasteiger partial charge in [0.15, 0.2) is 5.96 Å². The minimum atomic E-state index is 0.174. The van der Waals surface area contributed by atoms with Crippen molar-refractivity contribution < 1.29 is 4.74 Å². The van der Waals surface area contributed by atoms with E-state index in [1.165, 1.54) is 32.1 Å². The lowest BCUT2D eigenvalue weighted by Gasteiger charge is -2.49. The molecule has 1 saturated carbocycles. The molecule has 0 aromatic rings. The van der Waals surface area contributed by atoms with Gasteiger partial charge in [-0.15, -0.1) is 0 Å². The van der Waals surface area contributed by atoms with E-state index in [0.717, 1.165) is 31.6 Å². The monoisotopic (exact) mass is 265 g/mol. The second-order valence-corrected chi connectivity index (χ2v) is 6.81. The van der Waals surface area contributed by atoms with Gasteiger partial charge in [-0.2, -0.15) is 0 Å². The maximum absolute atomic E-state index is 6.19. The largest absolute Gasteiger partial charge is 0.376 e. The van der Waals surface area contributed by atoms with Crippen LogP contribution in [0.4, 0.5) is 0 Å². The number of ether oxygens (including phenoxy) is 1. The molecule has 1 aliphatic carbocycles. The molecule has 2 N–H and O–H groups in total. The lowest BCUT2D eigenvalue weighted by Crippen LogP contribution is -2.59. The fourth-order valence-electron chi connectivity index (χ4n) is 4.19. The smallest absolute Gasteiger partial charge is 0.191 e. The van der Waals surface area contributed by atoms with Crippen LogP contribution < -0.4 is 5.73 Å². The summed E-state index contributed by atoms with van der Waals surface area (Å²) in [5.74, 6) is 2.20. The summed E-state index contributed by atoms with van der Waals surface area (Å²) in [6.07, 6.45) is 6.58. The van der Waals surface area contributed by atoms with Crippen molar-refractivity contribution in [1.82, 2.24) is 4.90 Å². The second-order valence-electron chi connectivity index (χ2n) is 6.81. The first-order valence-corrected chi connectivity index (χ1v) is 7.81. The maximum Gasteiger partial charge on any atom is 0.191 e. The average Bonchev–Trinajstić information content (AvgIpc) is 2.99. The molecule has 3 rings (SSSR count). The topological polar surface area (TPSA) is 50.8 Å². The lowest BCUT2D eigenvalue weighted by molar-refractivity contribution is 0.0175. The van der Waals surface area contributed by atoms with Gasteiger partial charge in [-0.1, -0.05) is 20.3 Å². The molecule has 0 amide bonds. The Hall–Kier alpha value is -0.770. The fraction of sp³-hybridized carbons (Fsp3) is 0.933. The molecule has 0 aromatic carbocycles. The molecule has 0 bridgehead atoms. The molecule has 4 atom stereocenters. The predicted molar refractivity (Wildman–Crippen MR) is 77.1 cm³/mol. The standard InChI is InChI=1S/C15H27N3O/c1-11-5-6-12(2)15(8-11)10-17-14(16)18(15)9-13-4-3-7-19-13/h11-13H,3-10H2,1-2H3,(H2,16,17). The first-order valence-electron chi connectivity index (χ1n) is 7.81. The molecular formula is C15H27N3O. The Morgan fingerprint density at radius 1 is 1.37 bits per heavy atom. The zero-order chi connectivity index (χ0) is 13.5. The van der Waals surface area contributed by atoms with E-state index in [9.17, 15) is 0 Å². The van der Waals surface area contributed by atoms with Crippen molar-refractivity contribution in [3.05, 3.63) is 0 Å². The molecule has 2 heterocycles. The SMILES string of the molecule is CC1CCC(C)C2(CN=C(N)N2CC2CCCO2)C1. The first kappa shape index (κ1) is 13.2. The van der Waals surface area contributed by atoms with Gasteiger partial charge in [0.2, 0.25) is 0 Å². The summed E-state index contributed by atoms with van der Waals surface area (Å²) < 4.78 is 5.81. The second kappa shape index (κ2) is 4.97. The first-order chi connectivity index (χ1) is 9.12. The Morgan fingerprint density at radius 3 is 2.95 bits per heavy atom. The van der Waals surface area contributed by atoms with Crippen molar-refractivity contribution in [2.75, 3.05) is 19.7 Å². The molecule has 4 nitrogen and oxygen atoms in total. The predicted octanol–water partition coefficient (Wildman–Crippen LogP) is 1.99. The van der Waals surface area contributed by atoms with Crippen LogP contribution in [0.25, 0.3) is 0 Å². The third-order valence-corrected chi connectivity index (χ3v) is 5.45. The minimum absolute atomic E-state index is 0.174. The highest BCUT2D eigenvalue weighted by molar-refractivity contribution is 5.81. The summed E-state index contributed by atoms with van der Waals surface area (Å²) in [5, 5.41) is 0. The highest BCUT2D eigenvalue weighted by atomic mass is 16.5. The van der Waals surface area contributed by atoms with Crippen LogP contribution in [0.15, 0.2) is 4.99 Å². The van der Waals surface area contributed by atoms with Gasteiger partial charge >= 0.3 is 0 Å². The summed E-state index contributed by atoms with van der Waals surface area (Å²) in [6, 6.07) is 0. The van der Waals surface area contributed by atoms with Crippen LogP contribution in [0.3, 0.4) is 0 Å². The van der Waals surface area contributed by atoms with E-state index < -0.39 is 0 Å².